The lowest BCUT2D eigenvalue weighted by atomic mass is 10.1. The van der Waals surface area contributed by atoms with Crippen molar-refractivity contribution in [2.24, 2.45) is 0 Å². The van der Waals surface area contributed by atoms with Gasteiger partial charge in [0.25, 0.3) is 11.8 Å². The number of hydrogen-bond donors (Lipinski definition) is 1. The summed E-state index contributed by atoms with van der Waals surface area (Å²) in [6.07, 6.45) is 1.42. The predicted molar refractivity (Wildman–Crippen MR) is 117 cm³/mol. The Hall–Kier alpha value is -3.13. The number of benzene rings is 2. The van der Waals surface area contributed by atoms with Crippen LogP contribution in [0.1, 0.15) is 25.0 Å². The number of nitrogens with zero attached hydrogens (tertiary/aromatic N) is 1. The van der Waals surface area contributed by atoms with Crippen molar-refractivity contribution in [1.29, 1.82) is 0 Å². The van der Waals surface area contributed by atoms with Gasteiger partial charge in [-0.2, -0.15) is 0 Å². The van der Waals surface area contributed by atoms with Gasteiger partial charge in [-0.25, -0.2) is 9.69 Å². The van der Waals surface area contributed by atoms with Crippen LogP contribution in [0.25, 0.3) is 6.08 Å². The summed E-state index contributed by atoms with van der Waals surface area (Å²) in [4.78, 5) is 38.7. The summed E-state index contributed by atoms with van der Waals surface area (Å²) < 4.78 is 11.9. The summed E-state index contributed by atoms with van der Waals surface area (Å²) in [5, 5.41) is 2.22. The molecule has 30 heavy (non-hydrogen) atoms. The molecule has 1 aliphatic rings. The second kappa shape index (κ2) is 9.13. The molecule has 156 valence electrons. The molecule has 1 saturated heterocycles. The first-order valence-electron chi connectivity index (χ1n) is 9.43. The molecule has 2 aromatic rings. The van der Waals surface area contributed by atoms with Crippen molar-refractivity contribution in [3.05, 3.63) is 57.6 Å². The molecule has 8 heteroatoms. The minimum atomic E-state index is -0.783. The second-order valence-electron chi connectivity index (χ2n) is 6.49. The number of barbiturate groups is 1. The van der Waals surface area contributed by atoms with Crippen LogP contribution in [-0.2, 0) is 9.59 Å². The van der Waals surface area contributed by atoms with Gasteiger partial charge in [0.2, 0.25) is 0 Å². The molecular formula is C22H21BrN2O5. The lowest BCUT2D eigenvalue weighted by Crippen LogP contribution is -2.54. The first-order valence-corrected chi connectivity index (χ1v) is 10.2. The number of nitrogens with one attached hydrogen (secondary N) is 1. The van der Waals surface area contributed by atoms with E-state index in [9.17, 15) is 14.4 Å². The predicted octanol–water partition coefficient (Wildman–Crippen LogP) is 4.22. The summed E-state index contributed by atoms with van der Waals surface area (Å²) in [6, 6.07) is 9.49. The third kappa shape index (κ3) is 4.38. The molecule has 0 bridgehead atoms. The molecule has 1 fully saturated rings. The van der Waals surface area contributed by atoms with E-state index in [2.05, 4.69) is 21.2 Å². The van der Waals surface area contributed by atoms with Crippen LogP contribution in [0.2, 0.25) is 0 Å². The fraction of sp³-hybridized carbons (Fsp3) is 0.227. The molecule has 0 unspecified atom stereocenters. The molecule has 1 heterocycles. The lowest BCUT2D eigenvalue weighted by molar-refractivity contribution is -0.122. The molecular weight excluding hydrogens is 452 g/mol. The molecule has 0 spiro atoms. The van der Waals surface area contributed by atoms with Crippen molar-refractivity contribution in [3.63, 3.8) is 0 Å². The number of urea groups is 1. The zero-order chi connectivity index (χ0) is 21.8. The standard InChI is InChI=1S/C22H21BrN2O5/c1-4-29-18-12-14(11-17(23)19(18)30-5-2)10-16-20(26)24-22(28)25(21(16)27)15-8-6-13(3)7-9-15/h6-12H,4-5H2,1-3H3,(H,24,26,28)/b16-10-. The zero-order valence-electron chi connectivity index (χ0n) is 16.8. The molecule has 0 atom stereocenters. The number of rotatable bonds is 6. The molecule has 7 nitrogen and oxygen atoms in total. The number of carbonyl (C=O) groups excluding carboxylic acids is 3. The molecule has 3 rings (SSSR count). The Bertz CT molecular complexity index is 1030. The topological polar surface area (TPSA) is 84.9 Å². The third-order valence-electron chi connectivity index (χ3n) is 4.33. The second-order valence-corrected chi connectivity index (χ2v) is 7.34. The van der Waals surface area contributed by atoms with Gasteiger partial charge in [-0.05, 0) is 72.6 Å². The maximum absolute atomic E-state index is 13.0. The molecule has 0 aliphatic carbocycles. The summed E-state index contributed by atoms with van der Waals surface area (Å²) in [5.74, 6) is -0.431. The average Bonchev–Trinajstić information content (AvgIpc) is 2.69. The van der Waals surface area contributed by atoms with Crippen LogP contribution in [0.5, 0.6) is 11.5 Å². The van der Waals surface area contributed by atoms with Crippen LogP contribution in [-0.4, -0.2) is 31.1 Å². The van der Waals surface area contributed by atoms with Crippen LogP contribution in [0, 0.1) is 6.92 Å². The van der Waals surface area contributed by atoms with Crippen molar-refractivity contribution in [2.75, 3.05) is 18.1 Å². The highest BCUT2D eigenvalue weighted by Crippen LogP contribution is 2.37. The van der Waals surface area contributed by atoms with E-state index in [4.69, 9.17) is 9.47 Å². The van der Waals surface area contributed by atoms with E-state index in [0.717, 1.165) is 10.5 Å². The average molecular weight is 473 g/mol. The van der Waals surface area contributed by atoms with Gasteiger partial charge in [0, 0.05) is 0 Å². The van der Waals surface area contributed by atoms with Gasteiger partial charge in [0.15, 0.2) is 11.5 Å². The van der Waals surface area contributed by atoms with Crippen molar-refractivity contribution < 1.29 is 23.9 Å². The largest absolute Gasteiger partial charge is 0.490 e. The van der Waals surface area contributed by atoms with Gasteiger partial charge < -0.3 is 9.47 Å². The van der Waals surface area contributed by atoms with Crippen LogP contribution >= 0.6 is 15.9 Å². The Morgan fingerprint density at radius 3 is 2.33 bits per heavy atom. The number of carbonyl (C=O) groups is 3. The molecule has 2 aromatic carbocycles. The number of halogens is 1. The van der Waals surface area contributed by atoms with Crippen LogP contribution in [0.3, 0.4) is 0 Å². The number of aryl methyl sites for hydroxylation is 1. The van der Waals surface area contributed by atoms with E-state index in [-0.39, 0.29) is 5.57 Å². The van der Waals surface area contributed by atoms with E-state index >= 15 is 0 Å². The molecule has 0 aromatic heterocycles. The first-order chi connectivity index (χ1) is 14.3. The van der Waals surface area contributed by atoms with E-state index in [1.165, 1.54) is 6.08 Å². The third-order valence-corrected chi connectivity index (χ3v) is 4.91. The maximum atomic E-state index is 13.0. The maximum Gasteiger partial charge on any atom is 0.335 e. The first kappa shape index (κ1) is 21.6. The summed E-state index contributed by atoms with van der Waals surface area (Å²) in [6.45, 7) is 6.48. The minimum Gasteiger partial charge on any atom is -0.490 e. The summed E-state index contributed by atoms with van der Waals surface area (Å²) in [7, 11) is 0. The fourth-order valence-electron chi connectivity index (χ4n) is 2.97. The Balaban J connectivity index is 2.03. The van der Waals surface area contributed by atoms with Gasteiger partial charge in [-0.1, -0.05) is 17.7 Å². The van der Waals surface area contributed by atoms with Crippen LogP contribution in [0.4, 0.5) is 10.5 Å². The van der Waals surface area contributed by atoms with Crippen molar-refractivity contribution in [2.45, 2.75) is 20.8 Å². The summed E-state index contributed by atoms with van der Waals surface area (Å²) >= 11 is 3.44. The highest BCUT2D eigenvalue weighted by atomic mass is 79.9. The Labute approximate surface area is 182 Å². The van der Waals surface area contributed by atoms with Crippen LogP contribution < -0.4 is 19.7 Å². The minimum absolute atomic E-state index is 0.159. The smallest absolute Gasteiger partial charge is 0.335 e. The highest BCUT2D eigenvalue weighted by Gasteiger charge is 2.36. The Kier molecular flexibility index (Phi) is 6.56. The SMILES string of the molecule is CCOc1cc(/C=C2/C(=O)NC(=O)N(c3ccc(C)cc3)C2=O)cc(Br)c1OCC. The number of ether oxygens (including phenoxy) is 2. The van der Waals surface area contributed by atoms with Crippen molar-refractivity contribution in [1.82, 2.24) is 5.32 Å². The number of anilines is 1. The van der Waals surface area contributed by atoms with E-state index in [1.54, 1.807) is 36.4 Å². The molecule has 0 saturated carbocycles. The van der Waals surface area contributed by atoms with Gasteiger partial charge >= 0.3 is 6.03 Å². The molecule has 4 amide bonds. The van der Waals surface area contributed by atoms with Gasteiger partial charge in [-0.15, -0.1) is 0 Å². The number of imide groups is 2. The molecule has 1 aliphatic heterocycles. The summed E-state index contributed by atoms with van der Waals surface area (Å²) in [5.41, 5.74) is 1.75. The zero-order valence-corrected chi connectivity index (χ0v) is 18.4. The van der Waals surface area contributed by atoms with Crippen molar-refractivity contribution in [3.8, 4) is 11.5 Å². The quantitative estimate of drug-likeness (QED) is 0.502. The lowest BCUT2D eigenvalue weighted by Gasteiger charge is -2.26. The van der Waals surface area contributed by atoms with Crippen LogP contribution in [0.15, 0.2) is 46.4 Å². The highest BCUT2D eigenvalue weighted by molar-refractivity contribution is 9.10. The number of amides is 4. The Morgan fingerprint density at radius 2 is 1.70 bits per heavy atom. The number of hydrogen-bond acceptors (Lipinski definition) is 5. The fourth-order valence-corrected chi connectivity index (χ4v) is 3.55. The van der Waals surface area contributed by atoms with Gasteiger partial charge in [0.05, 0.1) is 23.4 Å². The van der Waals surface area contributed by atoms with Gasteiger partial charge in [-0.3, -0.25) is 14.9 Å². The van der Waals surface area contributed by atoms with E-state index in [0.29, 0.717) is 40.4 Å². The Morgan fingerprint density at radius 1 is 1.03 bits per heavy atom. The monoisotopic (exact) mass is 472 g/mol. The normalized spacial score (nSPS) is 15.4. The molecule has 0 radical (unpaired) electrons. The molecule has 1 N–H and O–H groups in total. The van der Waals surface area contributed by atoms with E-state index in [1.807, 2.05) is 20.8 Å². The van der Waals surface area contributed by atoms with Crippen molar-refractivity contribution >= 4 is 45.5 Å². The van der Waals surface area contributed by atoms with Gasteiger partial charge in [0.1, 0.15) is 5.57 Å². The van der Waals surface area contributed by atoms with E-state index < -0.39 is 17.8 Å².